The molecule has 0 aliphatic carbocycles. The van der Waals surface area contributed by atoms with Gasteiger partial charge in [0.15, 0.2) is 0 Å². The Bertz CT molecular complexity index is 318. The lowest BCUT2D eigenvalue weighted by Crippen LogP contribution is -2.27. The first-order valence-electron chi connectivity index (χ1n) is 7.20. The molecule has 102 valence electrons. The maximum Gasteiger partial charge on any atom is 0.0319 e. The zero-order valence-corrected chi connectivity index (χ0v) is 12.4. The maximum atomic E-state index is 3.19. The average molecular weight is 248 g/mol. The highest BCUT2D eigenvalue weighted by molar-refractivity contribution is 5.25. The first-order chi connectivity index (χ1) is 8.72. The number of hydrogen-bond acceptors (Lipinski definition) is 2. The highest BCUT2D eigenvalue weighted by Crippen LogP contribution is 2.20. The Kier molecular flexibility index (Phi) is 6.99. The maximum absolute atomic E-state index is 3.19. The van der Waals surface area contributed by atoms with E-state index in [1.165, 1.54) is 24.1 Å². The van der Waals surface area contributed by atoms with Gasteiger partial charge in [0.05, 0.1) is 0 Å². The molecule has 1 aromatic rings. The Balaban J connectivity index is 2.65. The van der Waals surface area contributed by atoms with Gasteiger partial charge in [0.2, 0.25) is 0 Å². The van der Waals surface area contributed by atoms with Crippen LogP contribution in [0.2, 0.25) is 0 Å². The second-order valence-electron chi connectivity index (χ2n) is 4.90. The summed E-state index contributed by atoms with van der Waals surface area (Å²) in [7, 11) is 2.00. The number of likely N-dealkylation sites (N-methyl/N-ethyl adjacent to an activating group) is 1. The largest absolute Gasteiger partial charge is 0.319 e. The molecule has 0 aliphatic heterocycles. The summed E-state index contributed by atoms with van der Waals surface area (Å²) in [6.45, 7) is 10.1. The number of benzene rings is 1. The zero-order chi connectivity index (χ0) is 13.4. The van der Waals surface area contributed by atoms with Crippen LogP contribution in [0.1, 0.15) is 44.4 Å². The van der Waals surface area contributed by atoms with E-state index in [4.69, 9.17) is 0 Å². The van der Waals surface area contributed by atoms with Crippen molar-refractivity contribution in [1.29, 1.82) is 0 Å². The fraction of sp³-hybridized carbons (Fsp3) is 0.625. The van der Waals surface area contributed by atoms with E-state index in [9.17, 15) is 0 Å². The number of rotatable bonds is 8. The third-order valence-electron chi connectivity index (χ3n) is 3.59. The monoisotopic (exact) mass is 248 g/mol. The predicted molar refractivity (Wildman–Crippen MR) is 80.0 cm³/mol. The van der Waals surface area contributed by atoms with Crippen LogP contribution < -0.4 is 5.32 Å². The third-order valence-corrected chi connectivity index (χ3v) is 3.59. The summed E-state index contributed by atoms with van der Waals surface area (Å²) in [4.78, 5) is 2.53. The van der Waals surface area contributed by atoms with Gasteiger partial charge in [-0.2, -0.15) is 0 Å². The second-order valence-corrected chi connectivity index (χ2v) is 4.90. The van der Waals surface area contributed by atoms with E-state index in [0.29, 0.717) is 6.04 Å². The highest BCUT2D eigenvalue weighted by atomic mass is 15.1. The van der Waals surface area contributed by atoms with Crippen LogP contribution in [-0.4, -0.2) is 31.6 Å². The van der Waals surface area contributed by atoms with Crippen LogP contribution in [0.4, 0.5) is 0 Å². The minimum Gasteiger partial charge on any atom is -0.319 e. The molecule has 0 saturated heterocycles. The van der Waals surface area contributed by atoms with Crippen LogP contribution >= 0.6 is 0 Å². The van der Waals surface area contributed by atoms with E-state index >= 15 is 0 Å². The SMILES string of the molecule is CCCN(CC)C(C)c1ccc(CCNC)cc1. The van der Waals surface area contributed by atoms with E-state index in [2.05, 4.69) is 55.3 Å². The van der Waals surface area contributed by atoms with Gasteiger partial charge in [-0.1, -0.05) is 38.1 Å². The van der Waals surface area contributed by atoms with Gasteiger partial charge >= 0.3 is 0 Å². The van der Waals surface area contributed by atoms with Crippen molar-refractivity contribution in [2.45, 2.75) is 39.7 Å². The summed E-state index contributed by atoms with van der Waals surface area (Å²) >= 11 is 0. The predicted octanol–water partition coefficient (Wildman–Crippen LogP) is 3.24. The molecule has 0 aromatic heterocycles. The van der Waals surface area contributed by atoms with Crippen molar-refractivity contribution in [2.24, 2.45) is 0 Å². The van der Waals surface area contributed by atoms with Crippen LogP contribution in [0, 0.1) is 0 Å². The van der Waals surface area contributed by atoms with Crippen molar-refractivity contribution in [3.8, 4) is 0 Å². The lowest BCUT2D eigenvalue weighted by Gasteiger charge is -2.27. The summed E-state index contributed by atoms with van der Waals surface area (Å²) < 4.78 is 0. The molecule has 1 aromatic carbocycles. The number of nitrogens with one attached hydrogen (secondary N) is 1. The van der Waals surface area contributed by atoms with E-state index in [0.717, 1.165) is 19.5 Å². The zero-order valence-electron chi connectivity index (χ0n) is 12.4. The minimum absolute atomic E-state index is 0.522. The van der Waals surface area contributed by atoms with Gasteiger partial charge in [-0.3, -0.25) is 4.90 Å². The van der Waals surface area contributed by atoms with E-state index < -0.39 is 0 Å². The molecule has 0 spiro atoms. The Morgan fingerprint density at radius 3 is 2.33 bits per heavy atom. The molecule has 1 N–H and O–H groups in total. The first-order valence-corrected chi connectivity index (χ1v) is 7.20. The quantitative estimate of drug-likeness (QED) is 0.760. The molecular formula is C16H28N2. The minimum atomic E-state index is 0.522. The van der Waals surface area contributed by atoms with Gasteiger partial charge in [-0.15, -0.1) is 0 Å². The molecule has 18 heavy (non-hydrogen) atoms. The Morgan fingerprint density at radius 1 is 1.17 bits per heavy atom. The highest BCUT2D eigenvalue weighted by Gasteiger charge is 2.12. The van der Waals surface area contributed by atoms with Crippen LogP contribution in [0.5, 0.6) is 0 Å². The fourth-order valence-electron chi connectivity index (χ4n) is 2.36. The number of hydrogen-bond donors (Lipinski definition) is 1. The van der Waals surface area contributed by atoms with E-state index in [-0.39, 0.29) is 0 Å². The van der Waals surface area contributed by atoms with Crippen LogP contribution in [0.25, 0.3) is 0 Å². The molecular weight excluding hydrogens is 220 g/mol. The number of nitrogens with zero attached hydrogens (tertiary/aromatic N) is 1. The van der Waals surface area contributed by atoms with Crippen molar-refractivity contribution < 1.29 is 0 Å². The Labute approximate surface area is 112 Å². The molecule has 2 heteroatoms. The van der Waals surface area contributed by atoms with Gasteiger partial charge in [-0.05, 0) is 57.6 Å². The van der Waals surface area contributed by atoms with Crippen molar-refractivity contribution in [1.82, 2.24) is 10.2 Å². The molecule has 0 bridgehead atoms. The Morgan fingerprint density at radius 2 is 1.83 bits per heavy atom. The van der Waals surface area contributed by atoms with Crippen LogP contribution in [-0.2, 0) is 6.42 Å². The smallest absolute Gasteiger partial charge is 0.0319 e. The summed E-state index contributed by atoms with van der Waals surface area (Å²) in [5.74, 6) is 0. The third kappa shape index (κ3) is 4.43. The molecule has 1 unspecified atom stereocenters. The standard InChI is InChI=1S/C16H28N2/c1-5-13-18(6-2)14(3)16-9-7-15(8-10-16)11-12-17-4/h7-10,14,17H,5-6,11-13H2,1-4H3. The lowest BCUT2D eigenvalue weighted by molar-refractivity contribution is 0.222. The van der Waals surface area contributed by atoms with E-state index in [1.54, 1.807) is 0 Å². The van der Waals surface area contributed by atoms with Crippen LogP contribution in [0.3, 0.4) is 0 Å². The lowest BCUT2D eigenvalue weighted by atomic mass is 10.0. The van der Waals surface area contributed by atoms with Gasteiger partial charge in [-0.25, -0.2) is 0 Å². The first kappa shape index (κ1) is 15.2. The van der Waals surface area contributed by atoms with E-state index in [1.807, 2.05) is 7.05 Å². The van der Waals surface area contributed by atoms with Crippen molar-refractivity contribution in [2.75, 3.05) is 26.7 Å². The molecule has 0 fully saturated rings. The molecule has 2 nitrogen and oxygen atoms in total. The molecule has 1 rings (SSSR count). The molecule has 0 saturated carbocycles. The molecule has 0 aliphatic rings. The normalized spacial score (nSPS) is 12.9. The van der Waals surface area contributed by atoms with Gasteiger partial charge < -0.3 is 5.32 Å². The fourth-order valence-corrected chi connectivity index (χ4v) is 2.36. The topological polar surface area (TPSA) is 15.3 Å². The summed E-state index contributed by atoms with van der Waals surface area (Å²) in [5.41, 5.74) is 2.84. The summed E-state index contributed by atoms with van der Waals surface area (Å²) in [6.07, 6.45) is 2.33. The van der Waals surface area contributed by atoms with Crippen LogP contribution in [0.15, 0.2) is 24.3 Å². The molecule has 1 atom stereocenters. The van der Waals surface area contributed by atoms with Gasteiger partial charge in [0.1, 0.15) is 0 Å². The molecule has 0 heterocycles. The van der Waals surface area contributed by atoms with Gasteiger partial charge in [0, 0.05) is 6.04 Å². The molecule has 0 amide bonds. The summed E-state index contributed by atoms with van der Waals surface area (Å²) in [5, 5.41) is 3.19. The molecule has 0 radical (unpaired) electrons. The van der Waals surface area contributed by atoms with Crippen molar-refractivity contribution in [3.63, 3.8) is 0 Å². The van der Waals surface area contributed by atoms with Gasteiger partial charge in [0.25, 0.3) is 0 Å². The second kappa shape index (κ2) is 8.28. The van der Waals surface area contributed by atoms with Crippen molar-refractivity contribution in [3.05, 3.63) is 35.4 Å². The van der Waals surface area contributed by atoms with Crippen molar-refractivity contribution >= 4 is 0 Å². The average Bonchev–Trinajstić information content (AvgIpc) is 2.42. The summed E-state index contributed by atoms with van der Waals surface area (Å²) in [6, 6.07) is 9.63. The Hall–Kier alpha value is -0.860.